The van der Waals surface area contributed by atoms with Gasteiger partial charge in [-0.15, -0.1) is 0 Å². The van der Waals surface area contributed by atoms with Crippen LogP contribution in [0.5, 0.6) is 5.75 Å². The number of hydrogen-bond donors (Lipinski definition) is 1. The van der Waals surface area contributed by atoms with Crippen LogP contribution < -0.4 is 10.1 Å². The van der Waals surface area contributed by atoms with Crippen LogP contribution in [-0.2, 0) is 17.6 Å². The highest BCUT2D eigenvalue weighted by Crippen LogP contribution is 2.12. The standard InChI is InChI=1S/C18H19F2NO2/c1-23-15-6-2-13(3-7-15)10-11-21-18(22)9-5-14-4-8-16(19)17(20)12-14/h2-4,6-8,12H,5,9-11H2,1H3,(H,21,22). The highest BCUT2D eigenvalue weighted by Gasteiger charge is 2.05. The Bertz CT molecular complexity index is 657. The Balaban J connectivity index is 1.71. The summed E-state index contributed by atoms with van der Waals surface area (Å²) in [5.74, 6) is -1.08. The molecule has 3 nitrogen and oxygen atoms in total. The van der Waals surface area contributed by atoms with Gasteiger partial charge in [0.05, 0.1) is 7.11 Å². The number of hydrogen-bond acceptors (Lipinski definition) is 2. The van der Waals surface area contributed by atoms with E-state index in [1.165, 1.54) is 6.07 Å². The third kappa shape index (κ3) is 5.36. The van der Waals surface area contributed by atoms with Gasteiger partial charge >= 0.3 is 0 Å². The van der Waals surface area contributed by atoms with Crippen molar-refractivity contribution in [3.8, 4) is 5.75 Å². The number of amides is 1. The molecule has 2 aromatic rings. The second-order valence-electron chi connectivity index (χ2n) is 5.20. The summed E-state index contributed by atoms with van der Waals surface area (Å²) in [6, 6.07) is 11.3. The highest BCUT2D eigenvalue weighted by atomic mass is 19.2. The third-order valence-electron chi connectivity index (χ3n) is 3.52. The minimum atomic E-state index is -0.887. The van der Waals surface area contributed by atoms with E-state index in [-0.39, 0.29) is 12.3 Å². The van der Waals surface area contributed by atoms with Crippen molar-refractivity contribution in [3.05, 3.63) is 65.2 Å². The van der Waals surface area contributed by atoms with Crippen LogP contribution in [0.2, 0.25) is 0 Å². The first kappa shape index (κ1) is 16.9. The van der Waals surface area contributed by atoms with Gasteiger partial charge in [0, 0.05) is 13.0 Å². The van der Waals surface area contributed by atoms with E-state index in [0.29, 0.717) is 18.5 Å². The van der Waals surface area contributed by atoms with E-state index >= 15 is 0 Å². The van der Waals surface area contributed by atoms with Crippen molar-refractivity contribution in [2.75, 3.05) is 13.7 Å². The van der Waals surface area contributed by atoms with Gasteiger partial charge in [-0.2, -0.15) is 0 Å². The molecule has 0 aromatic heterocycles. The van der Waals surface area contributed by atoms with Crippen LogP contribution in [0.4, 0.5) is 8.78 Å². The monoisotopic (exact) mass is 319 g/mol. The summed E-state index contributed by atoms with van der Waals surface area (Å²) in [6.07, 6.45) is 1.35. The van der Waals surface area contributed by atoms with Gasteiger partial charge in [0.2, 0.25) is 5.91 Å². The molecule has 0 unspecified atom stereocenters. The predicted molar refractivity (Wildman–Crippen MR) is 84.4 cm³/mol. The molecule has 2 aromatic carbocycles. The van der Waals surface area contributed by atoms with Crippen molar-refractivity contribution >= 4 is 5.91 Å². The van der Waals surface area contributed by atoms with Gasteiger partial charge in [-0.05, 0) is 48.2 Å². The van der Waals surface area contributed by atoms with Crippen molar-refractivity contribution in [3.63, 3.8) is 0 Å². The smallest absolute Gasteiger partial charge is 0.220 e. The molecule has 0 bridgehead atoms. The van der Waals surface area contributed by atoms with Crippen LogP contribution in [0.3, 0.4) is 0 Å². The number of ether oxygens (including phenoxy) is 1. The fourth-order valence-electron chi connectivity index (χ4n) is 2.18. The SMILES string of the molecule is COc1ccc(CCNC(=O)CCc2ccc(F)c(F)c2)cc1. The molecule has 0 fully saturated rings. The largest absolute Gasteiger partial charge is 0.497 e. The van der Waals surface area contributed by atoms with Gasteiger partial charge in [-0.1, -0.05) is 18.2 Å². The lowest BCUT2D eigenvalue weighted by molar-refractivity contribution is -0.121. The number of halogens is 2. The summed E-state index contributed by atoms with van der Waals surface area (Å²) < 4.78 is 31.0. The number of nitrogens with one attached hydrogen (secondary N) is 1. The summed E-state index contributed by atoms with van der Waals surface area (Å²) in [7, 11) is 1.61. The van der Waals surface area contributed by atoms with E-state index in [9.17, 15) is 13.6 Å². The molecule has 1 N–H and O–H groups in total. The van der Waals surface area contributed by atoms with Crippen LogP contribution in [0.1, 0.15) is 17.5 Å². The van der Waals surface area contributed by atoms with Gasteiger partial charge in [0.15, 0.2) is 11.6 Å². The van der Waals surface area contributed by atoms with Crippen molar-refractivity contribution in [1.82, 2.24) is 5.32 Å². The summed E-state index contributed by atoms with van der Waals surface area (Å²) >= 11 is 0. The van der Waals surface area contributed by atoms with E-state index in [2.05, 4.69) is 5.32 Å². The zero-order valence-corrected chi connectivity index (χ0v) is 12.9. The second kappa shape index (κ2) is 8.27. The maximum Gasteiger partial charge on any atom is 0.220 e. The molecule has 23 heavy (non-hydrogen) atoms. The molecule has 0 aliphatic carbocycles. The van der Waals surface area contributed by atoms with Crippen LogP contribution in [0.25, 0.3) is 0 Å². The Kier molecular flexibility index (Phi) is 6.09. The number of aryl methyl sites for hydroxylation is 1. The van der Waals surface area contributed by atoms with Crippen molar-refractivity contribution in [2.45, 2.75) is 19.3 Å². The molecule has 0 saturated heterocycles. The molecule has 2 rings (SSSR count). The first-order valence-electron chi connectivity index (χ1n) is 7.42. The summed E-state index contributed by atoms with van der Waals surface area (Å²) in [4.78, 5) is 11.8. The zero-order valence-electron chi connectivity index (χ0n) is 12.9. The number of carbonyl (C=O) groups excluding carboxylic acids is 1. The minimum Gasteiger partial charge on any atom is -0.497 e. The van der Waals surface area contributed by atoms with Crippen LogP contribution in [0.15, 0.2) is 42.5 Å². The average Bonchev–Trinajstić information content (AvgIpc) is 2.56. The first-order valence-corrected chi connectivity index (χ1v) is 7.42. The maximum absolute atomic E-state index is 13.1. The number of rotatable bonds is 7. The Morgan fingerprint density at radius 1 is 1.00 bits per heavy atom. The number of benzene rings is 2. The average molecular weight is 319 g/mol. The summed E-state index contributed by atoms with van der Waals surface area (Å²) in [6.45, 7) is 0.531. The Morgan fingerprint density at radius 3 is 2.35 bits per heavy atom. The highest BCUT2D eigenvalue weighted by molar-refractivity contribution is 5.76. The third-order valence-corrected chi connectivity index (χ3v) is 3.52. The molecule has 0 heterocycles. The lowest BCUT2D eigenvalue weighted by Gasteiger charge is -2.07. The molecule has 0 aliphatic rings. The van der Waals surface area contributed by atoms with Crippen LogP contribution >= 0.6 is 0 Å². The quantitative estimate of drug-likeness (QED) is 0.850. The van der Waals surface area contributed by atoms with E-state index in [1.54, 1.807) is 7.11 Å². The van der Waals surface area contributed by atoms with Crippen LogP contribution in [-0.4, -0.2) is 19.6 Å². The van der Waals surface area contributed by atoms with E-state index in [1.807, 2.05) is 24.3 Å². The molecule has 0 radical (unpaired) electrons. The maximum atomic E-state index is 13.1. The summed E-state index contributed by atoms with van der Waals surface area (Å²) in [5.41, 5.74) is 1.71. The topological polar surface area (TPSA) is 38.3 Å². The molecular weight excluding hydrogens is 300 g/mol. The molecule has 5 heteroatoms. The van der Waals surface area contributed by atoms with E-state index < -0.39 is 11.6 Å². The fraction of sp³-hybridized carbons (Fsp3) is 0.278. The molecule has 0 spiro atoms. The van der Waals surface area contributed by atoms with Gasteiger partial charge in [-0.3, -0.25) is 4.79 Å². The predicted octanol–water partition coefficient (Wildman–Crippen LogP) is 3.26. The molecule has 0 atom stereocenters. The van der Waals surface area contributed by atoms with Gasteiger partial charge < -0.3 is 10.1 Å². The number of methoxy groups -OCH3 is 1. The Hall–Kier alpha value is -2.43. The van der Waals surface area contributed by atoms with E-state index in [4.69, 9.17) is 4.74 Å². The van der Waals surface area contributed by atoms with Crippen LogP contribution in [0, 0.1) is 11.6 Å². The second-order valence-corrected chi connectivity index (χ2v) is 5.20. The first-order chi connectivity index (χ1) is 11.1. The minimum absolute atomic E-state index is 0.108. The summed E-state index contributed by atoms with van der Waals surface area (Å²) in [5, 5.41) is 2.82. The molecular formula is C18H19F2NO2. The Labute approximate surface area is 134 Å². The zero-order chi connectivity index (χ0) is 16.7. The lowest BCUT2D eigenvalue weighted by atomic mass is 10.1. The molecule has 0 saturated carbocycles. The number of carbonyl (C=O) groups is 1. The van der Waals surface area contributed by atoms with Crippen molar-refractivity contribution in [2.24, 2.45) is 0 Å². The normalized spacial score (nSPS) is 10.4. The fourth-order valence-corrected chi connectivity index (χ4v) is 2.18. The van der Waals surface area contributed by atoms with Crippen molar-refractivity contribution in [1.29, 1.82) is 0 Å². The van der Waals surface area contributed by atoms with Gasteiger partial charge in [-0.25, -0.2) is 8.78 Å². The van der Waals surface area contributed by atoms with Crippen molar-refractivity contribution < 1.29 is 18.3 Å². The van der Waals surface area contributed by atoms with E-state index in [0.717, 1.165) is 29.9 Å². The lowest BCUT2D eigenvalue weighted by Crippen LogP contribution is -2.25. The molecule has 0 aliphatic heterocycles. The van der Waals surface area contributed by atoms with Gasteiger partial charge in [0.25, 0.3) is 0 Å². The molecule has 122 valence electrons. The molecule has 1 amide bonds. The van der Waals surface area contributed by atoms with Gasteiger partial charge in [0.1, 0.15) is 5.75 Å². The Morgan fingerprint density at radius 2 is 1.70 bits per heavy atom.